The molecule has 104 valence electrons. The number of esters is 2. The van der Waals surface area contributed by atoms with Crippen LogP contribution >= 0.6 is 0 Å². The van der Waals surface area contributed by atoms with Crippen molar-refractivity contribution in [3.8, 4) is 0 Å². The van der Waals surface area contributed by atoms with E-state index in [4.69, 9.17) is 0 Å². The number of hydrogen-bond donors (Lipinski definition) is 1. The van der Waals surface area contributed by atoms with Crippen molar-refractivity contribution in [2.75, 3.05) is 19.8 Å². The largest absolute Gasteiger partial charge is 0.466 e. The fourth-order valence-electron chi connectivity index (χ4n) is 1.29. The van der Waals surface area contributed by atoms with Crippen molar-refractivity contribution in [1.82, 2.24) is 0 Å². The number of carbonyl (C=O) groups excluding carboxylic acids is 2. The molecule has 18 heavy (non-hydrogen) atoms. The molecular formula is C10H17NO7. The molecule has 0 aliphatic heterocycles. The third-order valence-corrected chi connectivity index (χ3v) is 2.36. The van der Waals surface area contributed by atoms with Gasteiger partial charge in [0, 0.05) is 4.92 Å². The van der Waals surface area contributed by atoms with E-state index in [2.05, 4.69) is 9.47 Å². The van der Waals surface area contributed by atoms with E-state index in [9.17, 15) is 24.8 Å². The van der Waals surface area contributed by atoms with Gasteiger partial charge in [0.2, 0.25) is 12.1 Å². The van der Waals surface area contributed by atoms with E-state index in [1.807, 2.05) is 0 Å². The van der Waals surface area contributed by atoms with Gasteiger partial charge in [-0.05, 0) is 20.8 Å². The van der Waals surface area contributed by atoms with Crippen molar-refractivity contribution in [3.05, 3.63) is 10.1 Å². The number of rotatable bonds is 7. The van der Waals surface area contributed by atoms with Crippen LogP contribution in [0.3, 0.4) is 0 Å². The molecule has 2 unspecified atom stereocenters. The van der Waals surface area contributed by atoms with Gasteiger partial charge in [0.1, 0.15) is 5.92 Å². The van der Waals surface area contributed by atoms with E-state index in [1.54, 1.807) is 6.92 Å². The summed E-state index contributed by atoms with van der Waals surface area (Å²) in [5, 5.41) is 20.5. The SMILES string of the molecule is CCOC(=O)C(C)C(O)(C[N+](=O)[O-])C(=O)OCC. The van der Waals surface area contributed by atoms with Crippen LogP contribution in [0.1, 0.15) is 20.8 Å². The van der Waals surface area contributed by atoms with Gasteiger partial charge in [-0.2, -0.15) is 0 Å². The van der Waals surface area contributed by atoms with Gasteiger partial charge in [-0.1, -0.05) is 0 Å². The first-order chi connectivity index (χ1) is 8.29. The van der Waals surface area contributed by atoms with Gasteiger partial charge in [-0.15, -0.1) is 0 Å². The number of hydrogen-bond acceptors (Lipinski definition) is 7. The highest BCUT2D eigenvalue weighted by Crippen LogP contribution is 2.21. The molecule has 0 fully saturated rings. The minimum absolute atomic E-state index is 0.0422. The smallest absolute Gasteiger partial charge is 0.346 e. The van der Waals surface area contributed by atoms with E-state index in [-0.39, 0.29) is 13.2 Å². The molecule has 0 aromatic rings. The molecule has 8 nitrogen and oxygen atoms in total. The van der Waals surface area contributed by atoms with Crippen LogP contribution < -0.4 is 0 Å². The minimum atomic E-state index is -2.52. The van der Waals surface area contributed by atoms with E-state index < -0.39 is 34.9 Å². The molecule has 0 saturated carbocycles. The van der Waals surface area contributed by atoms with Crippen LogP contribution in [0, 0.1) is 16.0 Å². The number of aliphatic hydroxyl groups is 1. The highest BCUT2D eigenvalue weighted by molar-refractivity contribution is 5.87. The van der Waals surface area contributed by atoms with Gasteiger partial charge < -0.3 is 14.6 Å². The number of nitrogens with zero attached hydrogens (tertiary/aromatic N) is 1. The van der Waals surface area contributed by atoms with Crippen molar-refractivity contribution in [2.24, 2.45) is 5.92 Å². The van der Waals surface area contributed by atoms with Gasteiger partial charge in [0.15, 0.2) is 0 Å². The Morgan fingerprint density at radius 1 is 1.33 bits per heavy atom. The summed E-state index contributed by atoms with van der Waals surface area (Å²) < 4.78 is 9.19. The summed E-state index contributed by atoms with van der Waals surface area (Å²) >= 11 is 0. The molecular weight excluding hydrogens is 246 g/mol. The van der Waals surface area contributed by atoms with Crippen molar-refractivity contribution in [1.29, 1.82) is 0 Å². The van der Waals surface area contributed by atoms with Gasteiger partial charge in [0.25, 0.3) is 0 Å². The summed E-state index contributed by atoms with van der Waals surface area (Å²) in [5.41, 5.74) is -2.52. The zero-order chi connectivity index (χ0) is 14.3. The second kappa shape index (κ2) is 6.90. The fourth-order valence-corrected chi connectivity index (χ4v) is 1.29. The van der Waals surface area contributed by atoms with Crippen molar-refractivity contribution < 1.29 is 29.1 Å². The van der Waals surface area contributed by atoms with Gasteiger partial charge in [-0.25, -0.2) is 4.79 Å². The Kier molecular flexibility index (Phi) is 6.24. The Labute approximate surface area is 104 Å². The molecule has 0 heterocycles. The maximum Gasteiger partial charge on any atom is 0.346 e. The third kappa shape index (κ3) is 3.95. The third-order valence-electron chi connectivity index (χ3n) is 2.36. The first-order valence-electron chi connectivity index (χ1n) is 5.47. The first-order valence-corrected chi connectivity index (χ1v) is 5.47. The molecule has 1 N–H and O–H groups in total. The summed E-state index contributed by atoms with van der Waals surface area (Å²) in [6, 6.07) is 0. The minimum Gasteiger partial charge on any atom is -0.466 e. The highest BCUT2D eigenvalue weighted by atomic mass is 16.6. The summed E-state index contributed by atoms with van der Waals surface area (Å²) in [6.07, 6.45) is 0. The highest BCUT2D eigenvalue weighted by Gasteiger charge is 2.52. The lowest BCUT2D eigenvalue weighted by Crippen LogP contribution is -2.54. The number of carbonyl (C=O) groups is 2. The average molecular weight is 263 g/mol. The summed E-state index contributed by atoms with van der Waals surface area (Å²) in [4.78, 5) is 32.6. The molecule has 0 amide bonds. The molecule has 8 heteroatoms. The Balaban J connectivity index is 5.12. The normalized spacial score (nSPS) is 15.3. The van der Waals surface area contributed by atoms with Crippen LogP contribution in [0.2, 0.25) is 0 Å². The van der Waals surface area contributed by atoms with Crippen LogP contribution in [-0.2, 0) is 19.1 Å². The molecule has 0 aliphatic carbocycles. The van der Waals surface area contributed by atoms with Crippen LogP contribution in [0.25, 0.3) is 0 Å². The Morgan fingerprint density at radius 3 is 2.22 bits per heavy atom. The second-order valence-electron chi connectivity index (χ2n) is 3.61. The van der Waals surface area contributed by atoms with Crippen molar-refractivity contribution >= 4 is 11.9 Å². The fraction of sp³-hybridized carbons (Fsp3) is 0.800. The van der Waals surface area contributed by atoms with E-state index in [0.29, 0.717) is 0 Å². The van der Waals surface area contributed by atoms with Crippen LogP contribution in [0.15, 0.2) is 0 Å². The number of ether oxygens (including phenoxy) is 2. The van der Waals surface area contributed by atoms with E-state index >= 15 is 0 Å². The monoisotopic (exact) mass is 263 g/mol. The molecule has 0 bridgehead atoms. The van der Waals surface area contributed by atoms with Crippen molar-refractivity contribution in [3.63, 3.8) is 0 Å². The van der Waals surface area contributed by atoms with Crippen LogP contribution in [-0.4, -0.2) is 47.3 Å². The molecule has 0 radical (unpaired) electrons. The van der Waals surface area contributed by atoms with E-state index in [0.717, 1.165) is 0 Å². The Hall–Kier alpha value is -1.70. The first kappa shape index (κ1) is 16.3. The molecule has 0 saturated heterocycles. The Morgan fingerprint density at radius 2 is 1.83 bits per heavy atom. The zero-order valence-corrected chi connectivity index (χ0v) is 10.5. The maximum absolute atomic E-state index is 11.6. The van der Waals surface area contributed by atoms with Crippen LogP contribution in [0.4, 0.5) is 0 Å². The van der Waals surface area contributed by atoms with Gasteiger partial charge >= 0.3 is 11.9 Å². The lowest BCUT2D eigenvalue weighted by Gasteiger charge is -2.26. The molecule has 2 atom stereocenters. The van der Waals surface area contributed by atoms with Crippen molar-refractivity contribution in [2.45, 2.75) is 26.4 Å². The standard InChI is InChI=1S/C10H17NO7/c1-4-17-8(12)7(3)10(14,6-11(15)16)9(13)18-5-2/h7,14H,4-6H2,1-3H3. The molecule has 0 aliphatic rings. The topological polar surface area (TPSA) is 116 Å². The zero-order valence-electron chi connectivity index (χ0n) is 10.5. The maximum atomic E-state index is 11.6. The quantitative estimate of drug-likeness (QED) is 0.382. The predicted molar refractivity (Wildman–Crippen MR) is 59.2 cm³/mol. The van der Waals surface area contributed by atoms with Crippen LogP contribution in [0.5, 0.6) is 0 Å². The second-order valence-corrected chi connectivity index (χ2v) is 3.61. The molecule has 0 aromatic heterocycles. The summed E-state index contributed by atoms with van der Waals surface area (Å²) in [6.45, 7) is 3.07. The predicted octanol–water partition coefficient (Wildman–Crippen LogP) is -0.243. The molecule has 0 aromatic carbocycles. The molecule has 0 rings (SSSR count). The van der Waals surface area contributed by atoms with E-state index in [1.165, 1.54) is 13.8 Å². The molecule has 0 spiro atoms. The Bertz CT molecular complexity index is 330. The van der Waals surface area contributed by atoms with Gasteiger partial charge in [0.05, 0.1) is 13.2 Å². The van der Waals surface area contributed by atoms with Gasteiger partial charge in [-0.3, -0.25) is 14.9 Å². The summed E-state index contributed by atoms with van der Waals surface area (Å²) in [5.74, 6) is -3.49. The summed E-state index contributed by atoms with van der Waals surface area (Å²) in [7, 11) is 0. The lowest BCUT2D eigenvalue weighted by molar-refractivity contribution is -0.499. The number of nitro groups is 1. The lowest BCUT2D eigenvalue weighted by atomic mass is 9.88. The average Bonchev–Trinajstić information content (AvgIpc) is 2.27.